The SMILES string of the molecule is CC(=O)c1cn(CC(=O)NCC(=O)O)c2ccccc12. The van der Waals surface area contributed by atoms with Gasteiger partial charge in [-0.1, -0.05) is 18.2 Å². The van der Waals surface area contributed by atoms with Crippen LogP contribution in [0.4, 0.5) is 0 Å². The average molecular weight is 274 g/mol. The number of hydrogen-bond acceptors (Lipinski definition) is 3. The van der Waals surface area contributed by atoms with Gasteiger partial charge in [-0.05, 0) is 13.0 Å². The number of carboxylic acids is 1. The van der Waals surface area contributed by atoms with Gasteiger partial charge in [-0.3, -0.25) is 14.4 Å². The molecule has 0 atom stereocenters. The minimum absolute atomic E-state index is 0.0267. The Morgan fingerprint density at radius 2 is 1.95 bits per heavy atom. The van der Waals surface area contributed by atoms with E-state index >= 15 is 0 Å². The van der Waals surface area contributed by atoms with Crippen molar-refractivity contribution in [2.75, 3.05) is 6.54 Å². The number of nitrogens with one attached hydrogen (secondary N) is 1. The lowest BCUT2D eigenvalue weighted by atomic mass is 10.1. The molecule has 1 aromatic heterocycles. The minimum atomic E-state index is -1.10. The second-order valence-corrected chi connectivity index (χ2v) is 4.41. The predicted octanol–water partition coefficient (Wildman–Crippen LogP) is 1.04. The largest absolute Gasteiger partial charge is 0.480 e. The number of carbonyl (C=O) groups is 3. The van der Waals surface area contributed by atoms with Gasteiger partial charge in [0.25, 0.3) is 0 Å². The average Bonchev–Trinajstić information content (AvgIpc) is 2.76. The lowest BCUT2D eigenvalue weighted by molar-refractivity contribution is -0.138. The lowest BCUT2D eigenvalue weighted by Gasteiger charge is -2.05. The van der Waals surface area contributed by atoms with Crippen LogP contribution in [0, 0.1) is 0 Å². The fourth-order valence-electron chi connectivity index (χ4n) is 2.04. The van der Waals surface area contributed by atoms with Gasteiger partial charge in [0.05, 0.1) is 0 Å². The van der Waals surface area contributed by atoms with Crippen LogP contribution in [0.3, 0.4) is 0 Å². The van der Waals surface area contributed by atoms with Crippen molar-refractivity contribution >= 4 is 28.6 Å². The van der Waals surface area contributed by atoms with Crippen LogP contribution in [0.5, 0.6) is 0 Å². The maximum absolute atomic E-state index is 11.7. The molecule has 0 saturated carbocycles. The maximum Gasteiger partial charge on any atom is 0.322 e. The molecule has 0 fully saturated rings. The molecule has 0 saturated heterocycles. The monoisotopic (exact) mass is 274 g/mol. The van der Waals surface area contributed by atoms with Crippen molar-refractivity contribution in [1.82, 2.24) is 9.88 Å². The Morgan fingerprint density at radius 1 is 1.25 bits per heavy atom. The molecule has 6 heteroatoms. The highest BCUT2D eigenvalue weighted by Crippen LogP contribution is 2.21. The molecule has 1 aromatic carbocycles. The number of Topliss-reactive ketones (excluding diaryl/α,β-unsaturated/α-hetero) is 1. The number of amides is 1. The van der Waals surface area contributed by atoms with E-state index in [1.807, 2.05) is 24.3 Å². The lowest BCUT2D eigenvalue weighted by Crippen LogP contribution is -2.31. The molecule has 2 N–H and O–H groups in total. The third kappa shape index (κ3) is 2.85. The summed E-state index contributed by atoms with van der Waals surface area (Å²) in [7, 11) is 0. The first-order valence-corrected chi connectivity index (χ1v) is 6.06. The highest BCUT2D eigenvalue weighted by atomic mass is 16.4. The first-order valence-electron chi connectivity index (χ1n) is 6.06. The standard InChI is InChI=1S/C14H14N2O4/c1-9(17)11-7-16(8-13(18)15-6-14(19)20)12-5-3-2-4-10(11)12/h2-5,7H,6,8H2,1H3,(H,15,18)(H,19,20). The van der Waals surface area contributed by atoms with E-state index in [2.05, 4.69) is 5.32 Å². The Labute approximate surface area is 115 Å². The van der Waals surface area contributed by atoms with E-state index in [9.17, 15) is 14.4 Å². The van der Waals surface area contributed by atoms with Crippen molar-refractivity contribution in [2.45, 2.75) is 13.5 Å². The van der Waals surface area contributed by atoms with Crippen LogP contribution in [-0.4, -0.2) is 33.9 Å². The number of fused-ring (bicyclic) bond motifs is 1. The fraction of sp³-hybridized carbons (Fsp3) is 0.214. The third-order valence-corrected chi connectivity index (χ3v) is 2.92. The molecule has 0 spiro atoms. The second kappa shape index (κ2) is 5.56. The Balaban J connectivity index is 2.28. The Kier molecular flexibility index (Phi) is 3.84. The molecular formula is C14H14N2O4. The molecule has 20 heavy (non-hydrogen) atoms. The highest BCUT2D eigenvalue weighted by molar-refractivity contribution is 6.07. The number of nitrogens with zero attached hydrogens (tertiary/aromatic N) is 1. The van der Waals surface area contributed by atoms with Crippen LogP contribution in [0.2, 0.25) is 0 Å². The van der Waals surface area contributed by atoms with Crippen molar-refractivity contribution in [3.63, 3.8) is 0 Å². The molecular weight excluding hydrogens is 260 g/mol. The summed E-state index contributed by atoms with van der Waals surface area (Å²) in [4.78, 5) is 33.6. The molecule has 0 radical (unpaired) electrons. The summed E-state index contributed by atoms with van der Waals surface area (Å²) in [5, 5.41) is 11.6. The molecule has 6 nitrogen and oxygen atoms in total. The van der Waals surface area contributed by atoms with Gasteiger partial charge in [0.1, 0.15) is 13.1 Å². The van der Waals surface area contributed by atoms with Crippen LogP contribution in [-0.2, 0) is 16.1 Å². The van der Waals surface area contributed by atoms with Gasteiger partial charge in [0, 0.05) is 22.7 Å². The quantitative estimate of drug-likeness (QED) is 0.797. The highest BCUT2D eigenvalue weighted by Gasteiger charge is 2.13. The normalized spacial score (nSPS) is 10.4. The van der Waals surface area contributed by atoms with Gasteiger partial charge in [-0.2, -0.15) is 0 Å². The number of aliphatic carboxylic acids is 1. The van der Waals surface area contributed by atoms with E-state index < -0.39 is 18.4 Å². The van der Waals surface area contributed by atoms with Crippen molar-refractivity contribution in [3.05, 3.63) is 36.0 Å². The topological polar surface area (TPSA) is 88.4 Å². The molecule has 0 unspecified atom stereocenters. The van der Waals surface area contributed by atoms with Gasteiger partial charge in [-0.25, -0.2) is 0 Å². The van der Waals surface area contributed by atoms with Crippen molar-refractivity contribution in [3.8, 4) is 0 Å². The number of carboxylic acid groups (broad SMARTS) is 1. The Bertz CT molecular complexity index is 688. The second-order valence-electron chi connectivity index (χ2n) is 4.41. The van der Waals surface area contributed by atoms with Gasteiger partial charge in [-0.15, -0.1) is 0 Å². The zero-order valence-electron chi connectivity index (χ0n) is 10.9. The smallest absolute Gasteiger partial charge is 0.322 e. The van der Waals surface area contributed by atoms with Crippen LogP contribution >= 0.6 is 0 Å². The molecule has 2 aromatic rings. The van der Waals surface area contributed by atoms with Gasteiger partial charge < -0.3 is 15.0 Å². The first-order chi connectivity index (χ1) is 9.49. The molecule has 104 valence electrons. The summed E-state index contributed by atoms with van der Waals surface area (Å²) in [5.41, 5.74) is 1.31. The number of benzene rings is 1. The summed E-state index contributed by atoms with van der Waals surface area (Å²) >= 11 is 0. The number of para-hydroxylation sites is 1. The summed E-state index contributed by atoms with van der Waals surface area (Å²) in [5.74, 6) is -1.59. The Hall–Kier alpha value is -2.63. The van der Waals surface area contributed by atoms with E-state index in [4.69, 9.17) is 5.11 Å². The van der Waals surface area contributed by atoms with Crippen LogP contribution in [0.25, 0.3) is 10.9 Å². The number of aromatic nitrogens is 1. The molecule has 1 amide bonds. The fourth-order valence-corrected chi connectivity index (χ4v) is 2.04. The number of carbonyl (C=O) groups excluding carboxylic acids is 2. The number of hydrogen-bond donors (Lipinski definition) is 2. The van der Waals surface area contributed by atoms with E-state index in [0.717, 1.165) is 10.9 Å². The summed E-state index contributed by atoms with van der Waals surface area (Å²) in [6, 6.07) is 7.27. The molecule has 0 aliphatic carbocycles. The molecule has 1 heterocycles. The van der Waals surface area contributed by atoms with Gasteiger partial charge >= 0.3 is 5.97 Å². The van der Waals surface area contributed by atoms with Crippen LogP contribution in [0.1, 0.15) is 17.3 Å². The summed E-state index contributed by atoms with van der Waals surface area (Å²) in [6.45, 7) is 1.02. The first kappa shape index (κ1) is 13.8. The van der Waals surface area contributed by atoms with E-state index in [1.54, 1.807) is 10.8 Å². The van der Waals surface area contributed by atoms with Crippen molar-refractivity contribution < 1.29 is 19.5 Å². The van der Waals surface area contributed by atoms with Gasteiger partial charge in [0.15, 0.2) is 5.78 Å². The van der Waals surface area contributed by atoms with E-state index in [0.29, 0.717) is 5.56 Å². The zero-order valence-corrected chi connectivity index (χ0v) is 10.9. The van der Waals surface area contributed by atoms with Crippen molar-refractivity contribution in [2.24, 2.45) is 0 Å². The molecule has 0 aliphatic rings. The summed E-state index contributed by atoms with van der Waals surface area (Å²) in [6.07, 6.45) is 1.62. The predicted molar refractivity (Wildman–Crippen MR) is 72.6 cm³/mol. The molecule has 0 aliphatic heterocycles. The zero-order chi connectivity index (χ0) is 14.7. The van der Waals surface area contributed by atoms with Crippen LogP contribution < -0.4 is 5.32 Å². The van der Waals surface area contributed by atoms with Crippen molar-refractivity contribution in [1.29, 1.82) is 0 Å². The molecule has 2 rings (SSSR count). The Morgan fingerprint density at radius 3 is 2.60 bits per heavy atom. The number of ketones is 1. The van der Waals surface area contributed by atoms with E-state index in [1.165, 1.54) is 6.92 Å². The molecule has 0 bridgehead atoms. The van der Waals surface area contributed by atoms with E-state index in [-0.39, 0.29) is 12.3 Å². The minimum Gasteiger partial charge on any atom is -0.480 e. The maximum atomic E-state index is 11.7. The summed E-state index contributed by atoms with van der Waals surface area (Å²) < 4.78 is 1.64. The number of rotatable bonds is 5. The third-order valence-electron chi connectivity index (χ3n) is 2.92. The van der Waals surface area contributed by atoms with Crippen LogP contribution in [0.15, 0.2) is 30.5 Å². The van der Waals surface area contributed by atoms with Gasteiger partial charge in [0.2, 0.25) is 5.91 Å².